The summed E-state index contributed by atoms with van der Waals surface area (Å²) in [5.74, 6) is 0.324. The van der Waals surface area contributed by atoms with Crippen LogP contribution in [-0.2, 0) is 0 Å². The lowest BCUT2D eigenvalue weighted by molar-refractivity contribution is 0.579. The average Bonchev–Trinajstić information content (AvgIpc) is 2.90. The largest absolute Gasteiger partial charge is 0.381 e. The van der Waals surface area contributed by atoms with Crippen LogP contribution >= 0.6 is 0 Å². The Labute approximate surface area is 159 Å². The summed E-state index contributed by atoms with van der Waals surface area (Å²) < 4.78 is 14.9. The predicted molar refractivity (Wildman–Crippen MR) is 110 cm³/mol. The molecule has 2 aliphatic heterocycles. The van der Waals surface area contributed by atoms with Gasteiger partial charge in [-0.05, 0) is 60.3 Å². The van der Waals surface area contributed by atoms with E-state index in [2.05, 4.69) is 34.9 Å². The highest BCUT2D eigenvalue weighted by Crippen LogP contribution is 2.45. The van der Waals surface area contributed by atoms with Gasteiger partial charge in [-0.25, -0.2) is 4.39 Å². The van der Waals surface area contributed by atoms with Crippen LogP contribution in [-0.4, -0.2) is 19.1 Å². The number of benzene rings is 3. The van der Waals surface area contributed by atoms with Gasteiger partial charge in [-0.1, -0.05) is 54.6 Å². The molecular formula is C24H23FN2. The first kappa shape index (κ1) is 16.5. The zero-order chi connectivity index (χ0) is 18.2. The second kappa shape index (κ2) is 6.82. The van der Waals surface area contributed by atoms with Crippen LogP contribution in [0.1, 0.15) is 24.3 Å². The smallest absolute Gasteiger partial charge is 0.131 e. The van der Waals surface area contributed by atoms with Crippen LogP contribution in [0.15, 0.2) is 66.7 Å². The zero-order valence-electron chi connectivity index (χ0n) is 15.2. The minimum Gasteiger partial charge on any atom is -0.381 e. The monoisotopic (exact) mass is 358 g/mol. The lowest BCUT2D eigenvalue weighted by Gasteiger charge is -2.18. The molecule has 1 saturated heterocycles. The molecule has 2 aliphatic rings. The molecule has 1 fully saturated rings. The number of hydrogen-bond acceptors (Lipinski definition) is 2. The maximum Gasteiger partial charge on any atom is 0.131 e. The van der Waals surface area contributed by atoms with Crippen molar-refractivity contribution in [1.82, 2.24) is 5.32 Å². The predicted octanol–water partition coefficient (Wildman–Crippen LogP) is 5.42. The molecule has 0 radical (unpaired) electrons. The highest BCUT2D eigenvalue weighted by molar-refractivity contribution is 5.79. The molecule has 2 atom stereocenters. The van der Waals surface area contributed by atoms with E-state index >= 15 is 0 Å². The van der Waals surface area contributed by atoms with E-state index in [1.54, 1.807) is 6.07 Å². The number of anilines is 1. The summed E-state index contributed by atoms with van der Waals surface area (Å²) in [7, 11) is 0. The number of nitrogens with one attached hydrogen (secondary N) is 2. The van der Waals surface area contributed by atoms with E-state index in [4.69, 9.17) is 0 Å². The molecular weight excluding hydrogens is 335 g/mol. The van der Waals surface area contributed by atoms with Crippen molar-refractivity contribution in [3.63, 3.8) is 0 Å². The second-order valence-corrected chi connectivity index (χ2v) is 7.51. The van der Waals surface area contributed by atoms with E-state index in [0.717, 1.165) is 42.6 Å². The Kier molecular flexibility index (Phi) is 4.17. The second-order valence-electron chi connectivity index (χ2n) is 7.51. The molecule has 0 aromatic heterocycles. The molecule has 2 heterocycles. The highest BCUT2D eigenvalue weighted by atomic mass is 19.1. The molecule has 0 saturated carbocycles. The van der Waals surface area contributed by atoms with Gasteiger partial charge in [0.1, 0.15) is 5.82 Å². The van der Waals surface area contributed by atoms with E-state index in [0.29, 0.717) is 17.5 Å². The Morgan fingerprint density at radius 1 is 0.778 bits per heavy atom. The fourth-order valence-corrected chi connectivity index (χ4v) is 4.64. The molecule has 136 valence electrons. The number of hydrogen-bond donors (Lipinski definition) is 2. The lowest BCUT2D eigenvalue weighted by atomic mass is 9.85. The minimum absolute atomic E-state index is 0.165. The average molecular weight is 358 g/mol. The SMILES string of the molecule is Fc1cc(-c2cccc3c2C2CCNCCC2N3)ccc1-c1ccccc1. The van der Waals surface area contributed by atoms with Crippen molar-refractivity contribution in [1.29, 1.82) is 0 Å². The van der Waals surface area contributed by atoms with Gasteiger partial charge in [0.05, 0.1) is 0 Å². The topological polar surface area (TPSA) is 24.1 Å². The van der Waals surface area contributed by atoms with Crippen LogP contribution < -0.4 is 10.6 Å². The van der Waals surface area contributed by atoms with Gasteiger partial charge >= 0.3 is 0 Å². The van der Waals surface area contributed by atoms with Crippen LogP contribution in [0.4, 0.5) is 10.1 Å². The third-order valence-electron chi connectivity index (χ3n) is 5.93. The van der Waals surface area contributed by atoms with Gasteiger partial charge < -0.3 is 10.6 Å². The third kappa shape index (κ3) is 2.92. The first-order chi connectivity index (χ1) is 13.3. The van der Waals surface area contributed by atoms with Gasteiger partial charge in [-0.2, -0.15) is 0 Å². The first-order valence-electron chi connectivity index (χ1n) is 9.77. The first-order valence-corrected chi connectivity index (χ1v) is 9.77. The summed E-state index contributed by atoms with van der Waals surface area (Å²) in [6.45, 7) is 2.09. The lowest BCUT2D eigenvalue weighted by Crippen LogP contribution is -2.21. The quantitative estimate of drug-likeness (QED) is 0.639. The van der Waals surface area contributed by atoms with Gasteiger partial charge in [0.25, 0.3) is 0 Å². The normalized spacial score (nSPS) is 21.1. The van der Waals surface area contributed by atoms with Gasteiger partial charge in [0.2, 0.25) is 0 Å². The van der Waals surface area contributed by atoms with Crippen LogP contribution in [0.5, 0.6) is 0 Å². The molecule has 3 aromatic rings. The van der Waals surface area contributed by atoms with Crippen molar-refractivity contribution in [2.75, 3.05) is 18.4 Å². The molecule has 5 rings (SSSR count). The Morgan fingerprint density at radius 3 is 2.48 bits per heavy atom. The van der Waals surface area contributed by atoms with E-state index in [1.165, 1.54) is 11.3 Å². The molecule has 0 bridgehead atoms. The van der Waals surface area contributed by atoms with Gasteiger partial charge in [0, 0.05) is 23.2 Å². The van der Waals surface area contributed by atoms with E-state index in [9.17, 15) is 4.39 Å². The van der Waals surface area contributed by atoms with Gasteiger partial charge in [-0.3, -0.25) is 0 Å². The number of fused-ring (bicyclic) bond motifs is 3. The third-order valence-corrected chi connectivity index (χ3v) is 5.93. The molecule has 2 unspecified atom stereocenters. The summed E-state index contributed by atoms with van der Waals surface area (Å²) in [6, 6.07) is 22.3. The van der Waals surface area contributed by atoms with Gasteiger partial charge in [-0.15, -0.1) is 0 Å². The van der Waals surface area contributed by atoms with Crippen molar-refractivity contribution >= 4 is 5.69 Å². The molecule has 3 aromatic carbocycles. The standard InChI is InChI=1S/C24H23FN2/c25-21-15-17(9-10-18(21)16-5-2-1-3-6-16)19-7-4-8-23-24(19)20-11-13-26-14-12-22(20)27-23/h1-10,15,20,22,26-27H,11-14H2. The maximum atomic E-state index is 14.9. The van der Waals surface area contributed by atoms with Crippen LogP contribution in [0.25, 0.3) is 22.3 Å². The Bertz CT molecular complexity index is 967. The van der Waals surface area contributed by atoms with Crippen molar-refractivity contribution in [2.45, 2.75) is 24.8 Å². The number of rotatable bonds is 2. The van der Waals surface area contributed by atoms with Gasteiger partial charge in [0.15, 0.2) is 0 Å². The zero-order valence-corrected chi connectivity index (χ0v) is 15.2. The summed E-state index contributed by atoms with van der Waals surface area (Å²) in [6.07, 6.45) is 2.24. The maximum absolute atomic E-state index is 14.9. The number of halogens is 1. The highest BCUT2D eigenvalue weighted by Gasteiger charge is 2.34. The molecule has 27 heavy (non-hydrogen) atoms. The Morgan fingerprint density at radius 2 is 1.63 bits per heavy atom. The fourth-order valence-electron chi connectivity index (χ4n) is 4.64. The van der Waals surface area contributed by atoms with Crippen LogP contribution in [0.3, 0.4) is 0 Å². The summed E-state index contributed by atoms with van der Waals surface area (Å²) in [5.41, 5.74) is 6.27. The molecule has 0 spiro atoms. The fraction of sp³-hybridized carbons (Fsp3) is 0.250. The van der Waals surface area contributed by atoms with E-state index in [-0.39, 0.29) is 5.82 Å². The Balaban J connectivity index is 1.57. The van der Waals surface area contributed by atoms with Crippen molar-refractivity contribution in [2.24, 2.45) is 0 Å². The molecule has 3 heteroatoms. The molecule has 2 N–H and O–H groups in total. The van der Waals surface area contributed by atoms with Crippen molar-refractivity contribution in [3.8, 4) is 22.3 Å². The molecule has 0 aliphatic carbocycles. The molecule has 2 nitrogen and oxygen atoms in total. The van der Waals surface area contributed by atoms with E-state index in [1.807, 2.05) is 36.4 Å². The summed E-state index contributed by atoms with van der Waals surface area (Å²) in [5, 5.41) is 7.21. The van der Waals surface area contributed by atoms with Crippen LogP contribution in [0, 0.1) is 5.82 Å². The summed E-state index contributed by atoms with van der Waals surface area (Å²) >= 11 is 0. The van der Waals surface area contributed by atoms with Crippen LogP contribution in [0.2, 0.25) is 0 Å². The van der Waals surface area contributed by atoms with Crippen molar-refractivity contribution in [3.05, 3.63) is 78.1 Å². The summed E-state index contributed by atoms with van der Waals surface area (Å²) in [4.78, 5) is 0. The molecule has 0 amide bonds. The van der Waals surface area contributed by atoms with Crippen molar-refractivity contribution < 1.29 is 4.39 Å². The minimum atomic E-state index is -0.165. The Hall–Kier alpha value is -2.65. The van der Waals surface area contributed by atoms with E-state index < -0.39 is 0 Å².